The molecule has 0 bridgehead atoms. The van der Waals surface area contributed by atoms with Crippen molar-refractivity contribution in [3.8, 4) is 0 Å². The van der Waals surface area contributed by atoms with Gasteiger partial charge >= 0.3 is 11.9 Å². The summed E-state index contributed by atoms with van der Waals surface area (Å²) in [5.74, 6) is -2.18. The Labute approximate surface area is 184 Å². The molecule has 0 fully saturated rings. The van der Waals surface area contributed by atoms with E-state index in [9.17, 15) is 14.7 Å². The minimum atomic E-state index is -1.10. The van der Waals surface area contributed by atoms with Gasteiger partial charge in [0, 0.05) is 25.2 Å². The van der Waals surface area contributed by atoms with Crippen LogP contribution in [0.15, 0.2) is 72.3 Å². The van der Waals surface area contributed by atoms with Crippen LogP contribution < -0.4 is 0 Å². The van der Waals surface area contributed by atoms with E-state index in [0.29, 0.717) is 18.7 Å². The Hall–Kier alpha value is -2.96. The van der Waals surface area contributed by atoms with Crippen molar-refractivity contribution in [3.63, 3.8) is 0 Å². The summed E-state index contributed by atoms with van der Waals surface area (Å²) in [6.45, 7) is 4.66. The molecule has 166 valence electrons. The topological polar surface area (TPSA) is 76.1 Å². The largest absolute Gasteiger partial charge is 0.468 e. The van der Waals surface area contributed by atoms with Gasteiger partial charge in [0.05, 0.1) is 20.3 Å². The molecule has 0 saturated carbocycles. The minimum absolute atomic E-state index is 0.387. The smallest absolute Gasteiger partial charge is 0.330 e. The predicted octanol–water partition coefficient (Wildman–Crippen LogP) is 3.35. The highest BCUT2D eigenvalue weighted by Gasteiger charge is 2.36. The molecule has 6 heteroatoms. The molecule has 0 radical (unpaired) electrons. The molecule has 3 atom stereocenters. The summed E-state index contributed by atoms with van der Waals surface area (Å²) in [5.41, 5.74) is 2.57. The highest BCUT2D eigenvalue weighted by Crippen LogP contribution is 2.25. The van der Waals surface area contributed by atoms with Crippen LogP contribution in [0.2, 0.25) is 0 Å². The Balaban J connectivity index is 2.34. The molecule has 0 spiro atoms. The average Bonchev–Trinajstić information content (AvgIpc) is 2.79. The van der Waals surface area contributed by atoms with E-state index in [4.69, 9.17) is 4.74 Å². The standard InChI is InChI=1S/C25H31NO5/c1-18(15-22(27)30-3)23(25(29)31-4)24(28)19(2)26(16-20-11-7-5-8-12-20)17-21-13-9-6-10-14-21/h5-15,19,23-24,28H,16-17H2,1-4H3/b18-15+/t19-,23-,24-/m0/s1. The quantitative estimate of drug-likeness (QED) is 0.465. The van der Waals surface area contributed by atoms with E-state index in [1.807, 2.05) is 67.6 Å². The number of hydrogen-bond donors (Lipinski definition) is 1. The van der Waals surface area contributed by atoms with Crippen LogP contribution in [-0.4, -0.2) is 48.3 Å². The van der Waals surface area contributed by atoms with Gasteiger partial charge in [0.2, 0.25) is 0 Å². The molecule has 2 aromatic carbocycles. The Kier molecular flexibility index (Phi) is 9.43. The summed E-state index contributed by atoms with van der Waals surface area (Å²) >= 11 is 0. The normalized spacial score (nSPS) is 14.6. The SMILES string of the molecule is COC(=O)/C=C(\C)[C@H](C(=O)OC)[C@@H](O)[C@H](C)N(Cc1ccccc1)Cc1ccccc1. The second-order valence-corrected chi connectivity index (χ2v) is 7.52. The van der Waals surface area contributed by atoms with Crippen molar-refractivity contribution in [2.75, 3.05) is 14.2 Å². The summed E-state index contributed by atoms with van der Waals surface area (Å²) in [4.78, 5) is 26.3. The van der Waals surface area contributed by atoms with Crippen LogP contribution in [0.3, 0.4) is 0 Å². The lowest BCUT2D eigenvalue weighted by molar-refractivity contribution is -0.149. The Bertz CT molecular complexity index is 824. The molecule has 0 aliphatic heterocycles. The number of carbonyl (C=O) groups is 2. The molecule has 0 aromatic heterocycles. The summed E-state index contributed by atoms with van der Waals surface area (Å²) in [7, 11) is 2.53. The number of rotatable bonds is 10. The molecule has 31 heavy (non-hydrogen) atoms. The van der Waals surface area contributed by atoms with Gasteiger partial charge in [0.25, 0.3) is 0 Å². The van der Waals surface area contributed by atoms with Crippen molar-refractivity contribution in [1.82, 2.24) is 4.90 Å². The first-order valence-corrected chi connectivity index (χ1v) is 10.2. The molecular formula is C25H31NO5. The minimum Gasteiger partial charge on any atom is -0.468 e. The van der Waals surface area contributed by atoms with Gasteiger partial charge in [0.1, 0.15) is 5.92 Å². The number of benzene rings is 2. The molecule has 0 aliphatic rings. The highest BCUT2D eigenvalue weighted by molar-refractivity contribution is 5.85. The summed E-state index contributed by atoms with van der Waals surface area (Å²) in [6.07, 6.45) is 0.122. The number of nitrogens with zero attached hydrogens (tertiary/aromatic N) is 1. The molecular weight excluding hydrogens is 394 g/mol. The van der Waals surface area contributed by atoms with E-state index in [-0.39, 0.29) is 0 Å². The molecule has 0 amide bonds. The third kappa shape index (κ3) is 7.05. The van der Waals surface area contributed by atoms with Gasteiger partial charge in [-0.25, -0.2) is 4.79 Å². The highest BCUT2D eigenvalue weighted by atomic mass is 16.5. The molecule has 2 aromatic rings. The zero-order chi connectivity index (χ0) is 22.8. The van der Waals surface area contributed by atoms with Crippen molar-refractivity contribution in [2.45, 2.75) is 39.1 Å². The van der Waals surface area contributed by atoms with E-state index in [0.717, 1.165) is 11.1 Å². The summed E-state index contributed by atoms with van der Waals surface area (Å²) in [5, 5.41) is 11.2. The number of aliphatic hydroxyl groups excluding tert-OH is 1. The fourth-order valence-corrected chi connectivity index (χ4v) is 3.53. The van der Waals surface area contributed by atoms with Crippen LogP contribution in [0.4, 0.5) is 0 Å². The van der Waals surface area contributed by atoms with Crippen LogP contribution >= 0.6 is 0 Å². The predicted molar refractivity (Wildman–Crippen MR) is 119 cm³/mol. The van der Waals surface area contributed by atoms with E-state index in [1.165, 1.54) is 20.3 Å². The number of methoxy groups -OCH3 is 2. The van der Waals surface area contributed by atoms with Crippen LogP contribution in [0.25, 0.3) is 0 Å². The van der Waals surface area contributed by atoms with Crippen LogP contribution in [0, 0.1) is 5.92 Å². The van der Waals surface area contributed by atoms with Gasteiger partial charge in [-0.05, 0) is 30.5 Å². The maximum Gasteiger partial charge on any atom is 0.330 e. The summed E-state index contributed by atoms with van der Waals surface area (Å²) < 4.78 is 9.60. The van der Waals surface area contributed by atoms with Gasteiger partial charge in [-0.3, -0.25) is 9.69 Å². The average molecular weight is 426 g/mol. The van der Waals surface area contributed by atoms with Gasteiger partial charge in [0.15, 0.2) is 0 Å². The number of hydrogen-bond acceptors (Lipinski definition) is 6. The Morgan fingerprint density at radius 1 is 0.935 bits per heavy atom. The zero-order valence-corrected chi connectivity index (χ0v) is 18.5. The number of ether oxygens (including phenoxy) is 2. The van der Waals surface area contributed by atoms with Gasteiger partial charge in [-0.1, -0.05) is 60.7 Å². The van der Waals surface area contributed by atoms with Crippen LogP contribution in [-0.2, 0) is 32.2 Å². The van der Waals surface area contributed by atoms with E-state index in [2.05, 4.69) is 9.64 Å². The lowest BCUT2D eigenvalue weighted by atomic mass is 9.89. The first kappa shape index (κ1) is 24.3. The monoisotopic (exact) mass is 425 g/mol. The molecule has 6 nitrogen and oxygen atoms in total. The Morgan fingerprint density at radius 2 is 1.42 bits per heavy atom. The maximum atomic E-state index is 12.5. The molecule has 0 saturated heterocycles. The van der Waals surface area contributed by atoms with E-state index >= 15 is 0 Å². The number of esters is 2. The van der Waals surface area contributed by atoms with Gasteiger partial charge in [-0.2, -0.15) is 0 Å². The second kappa shape index (κ2) is 12.0. The lowest BCUT2D eigenvalue weighted by Gasteiger charge is -2.35. The fraction of sp³-hybridized carbons (Fsp3) is 0.360. The van der Waals surface area contributed by atoms with Crippen molar-refractivity contribution in [2.24, 2.45) is 5.92 Å². The van der Waals surface area contributed by atoms with Crippen LogP contribution in [0.5, 0.6) is 0 Å². The van der Waals surface area contributed by atoms with Gasteiger partial charge < -0.3 is 14.6 Å². The van der Waals surface area contributed by atoms with Crippen molar-refractivity contribution in [3.05, 3.63) is 83.4 Å². The van der Waals surface area contributed by atoms with Gasteiger partial charge in [-0.15, -0.1) is 0 Å². The van der Waals surface area contributed by atoms with Crippen molar-refractivity contribution in [1.29, 1.82) is 0 Å². The van der Waals surface area contributed by atoms with Crippen molar-refractivity contribution < 1.29 is 24.2 Å². The first-order chi connectivity index (χ1) is 14.9. The van der Waals surface area contributed by atoms with E-state index < -0.39 is 30.0 Å². The zero-order valence-electron chi connectivity index (χ0n) is 18.5. The molecule has 2 rings (SSSR count). The molecule has 0 heterocycles. The van der Waals surface area contributed by atoms with Crippen molar-refractivity contribution >= 4 is 11.9 Å². The Morgan fingerprint density at radius 3 is 1.84 bits per heavy atom. The molecule has 0 aliphatic carbocycles. The second-order valence-electron chi connectivity index (χ2n) is 7.52. The van der Waals surface area contributed by atoms with Crippen LogP contribution in [0.1, 0.15) is 25.0 Å². The fourth-order valence-electron chi connectivity index (χ4n) is 3.53. The lowest BCUT2D eigenvalue weighted by Crippen LogP contribution is -2.47. The molecule has 0 unspecified atom stereocenters. The molecule has 1 N–H and O–H groups in total. The maximum absolute atomic E-state index is 12.5. The first-order valence-electron chi connectivity index (χ1n) is 10.2. The third-order valence-electron chi connectivity index (χ3n) is 5.36. The number of aliphatic hydroxyl groups is 1. The third-order valence-corrected chi connectivity index (χ3v) is 5.36. The summed E-state index contributed by atoms with van der Waals surface area (Å²) in [6, 6.07) is 19.5. The van der Waals surface area contributed by atoms with E-state index in [1.54, 1.807) is 6.92 Å². The number of carbonyl (C=O) groups excluding carboxylic acids is 2.